The molecule has 2 aliphatic rings. The van der Waals surface area contributed by atoms with Crippen LogP contribution in [-0.4, -0.2) is 57.0 Å². The number of carbonyl (C=O) groups is 1. The van der Waals surface area contributed by atoms with Crippen LogP contribution in [0.5, 0.6) is 5.88 Å². The van der Waals surface area contributed by atoms with Gasteiger partial charge in [0.15, 0.2) is 0 Å². The Balaban J connectivity index is 1.89. The van der Waals surface area contributed by atoms with Crippen LogP contribution < -0.4 is 4.74 Å². The van der Waals surface area contributed by atoms with E-state index in [0.717, 1.165) is 11.6 Å². The van der Waals surface area contributed by atoms with Crippen molar-refractivity contribution in [2.24, 2.45) is 0 Å². The molecule has 1 spiro atoms. The molecule has 9 heteroatoms. The fourth-order valence-electron chi connectivity index (χ4n) is 3.55. The fourth-order valence-corrected chi connectivity index (χ4v) is 4.31. The van der Waals surface area contributed by atoms with E-state index in [9.17, 15) is 13.6 Å². The maximum absolute atomic E-state index is 13.3. The van der Waals surface area contributed by atoms with Crippen LogP contribution in [0.3, 0.4) is 0 Å². The Morgan fingerprint density at radius 3 is 2.50 bits per heavy atom. The second-order valence-corrected chi connectivity index (χ2v) is 14.8. The molecule has 2 aliphatic heterocycles. The number of rotatable bonds is 7. The van der Waals surface area contributed by atoms with Gasteiger partial charge in [-0.3, -0.25) is 4.79 Å². The topological polar surface area (TPSA) is 60.9 Å². The van der Waals surface area contributed by atoms with Crippen molar-refractivity contribution in [1.29, 1.82) is 0 Å². The summed E-state index contributed by atoms with van der Waals surface area (Å²) in [5.74, 6) is -0.345. The third-order valence-electron chi connectivity index (χ3n) is 5.37. The van der Waals surface area contributed by atoms with E-state index in [1.807, 2.05) is 0 Å². The number of halogens is 2. The minimum Gasteiger partial charge on any atom is -0.417 e. The van der Waals surface area contributed by atoms with Gasteiger partial charge in [-0.15, -0.1) is 0 Å². The van der Waals surface area contributed by atoms with Gasteiger partial charge in [-0.2, -0.15) is 8.78 Å². The van der Waals surface area contributed by atoms with Crippen LogP contribution in [0, 0.1) is 0 Å². The predicted octanol–water partition coefficient (Wildman–Crippen LogP) is 3.34. The SMILES string of the molecule is CC1(C)C(=O)N(COCC[Si](C)(C)C)C2(COC2)c2ccc(OC(F)F)nc21. The van der Waals surface area contributed by atoms with Crippen LogP contribution in [-0.2, 0) is 25.2 Å². The zero-order valence-electron chi connectivity index (χ0n) is 17.1. The van der Waals surface area contributed by atoms with Crippen molar-refractivity contribution in [3.05, 3.63) is 23.4 Å². The van der Waals surface area contributed by atoms with Gasteiger partial charge in [0.1, 0.15) is 12.3 Å². The highest BCUT2D eigenvalue weighted by molar-refractivity contribution is 6.76. The van der Waals surface area contributed by atoms with E-state index in [4.69, 9.17) is 9.47 Å². The molecule has 3 rings (SSSR count). The highest BCUT2D eigenvalue weighted by Gasteiger charge is 2.58. The summed E-state index contributed by atoms with van der Waals surface area (Å²) in [6, 6.07) is 4.14. The average molecular weight is 415 g/mol. The first-order valence-electron chi connectivity index (χ1n) is 9.42. The summed E-state index contributed by atoms with van der Waals surface area (Å²) in [5, 5.41) is 0. The van der Waals surface area contributed by atoms with Gasteiger partial charge in [-0.1, -0.05) is 19.6 Å². The number of fused-ring (bicyclic) bond motifs is 2. The van der Waals surface area contributed by atoms with E-state index in [1.165, 1.54) is 6.07 Å². The summed E-state index contributed by atoms with van der Waals surface area (Å²) in [7, 11) is -1.24. The molecule has 0 unspecified atom stereocenters. The zero-order chi connectivity index (χ0) is 20.7. The molecule has 3 heterocycles. The Hall–Kier alpha value is -1.58. The largest absolute Gasteiger partial charge is 0.417 e. The summed E-state index contributed by atoms with van der Waals surface area (Å²) < 4.78 is 41.0. The highest BCUT2D eigenvalue weighted by atomic mass is 28.3. The van der Waals surface area contributed by atoms with Crippen molar-refractivity contribution >= 4 is 14.0 Å². The Kier molecular flexibility index (Phi) is 5.54. The molecule has 1 saturated heterocycles. The number of aromatic nitrogens is 1. The Labute approximate surface area is 165 Å². The molecule has 1 aromatic rings. The van der Waals surface area contributed by atoms with Crippen molar-refractivity contribution in [3.8, 4) is 5.88 Å². The smallest absolute Gasteiger partial charge is 0.388 e. The van der Waals surface area contributed by atoms with Crippen molar-refractivity contribution in [2.45, 2.75) is 57.1 Å². The van der Waals surface area contributed by atoms with Gasteiger partial charge in [0.05, 0.1) is 24.3 Å². The van der Waals surface area contributed by atoms with Crippen LogP contribution in [0.4, 0.5) is 8.78 Å². The molecule has 0 aliphatic carbocycles. The maximum atomic E-state index is 13.3. The van der Waals surface area contributed by atoms with Gasteiger partial charge in [0.25, 0.3) is 0 Å². The van der Waals surface area contributed by atoms with Gasteiger partial charge in [-0.05, 0) is 26.0 Å². The summed E-state index contributed by atoms with van der Waals surface area (Å²) in [6.45, 7) is 8.77. The van der Waals surface area contributed by atoms with Crippen LogP contribution in [0.1, 0.15) is 25.1 Å². The highest BCUT2D eigenvalue weighted by Crippen LogP contribution is 2.47. The van der Waals surface area contributed by atoms with Crippen molar-refractivity contribution in [1.82, 2.24) is 9.88 Å². The summed E-state index contributed by atoms with van der Waals surface area (Å²) in [4.78, 5) is 19.3. The van der Waals surface area contributed by atoms with Crippen LogP contribution >= 0.6 is 0 Å². The molecule has 1 amide bonds. The number of pyridine rings is 1. The number of hydrogen-bond acceptors (Lipinski definition) is 5. The van der Waals surface area contributed by atoms with E-state index in [-0.39, 0.29) is 18.5 Å². The number of nitrogens with zero attached hydrogens (tertiary/aromatic N) is 2. The molecule has 1 aromatic heterocycles. The molecule has 0 radical (unpaired) electrons. The summed E-state index contributed by atoms with van der Waals surface area (Å²) in [5.41, 5.74) is -0.395. The van der Waals surface area contributed by atoms with Crippen LogP contribution in [0.15, 0.2) is 12.1 Å². The van der Waals surface area contributed by atoms with Crippen molar-refractivity contribution in [3.63, 3.8) is 0 Å². The second-order valence-electron chi connectivity index (χ2n) is 9.15. The quantitative estimate of drug-likeness (QED) is 0.506. The Morgan fingerprint density at radius 1 is 1.29 bits per heavy atom. The molecule has 6 nitrogen and oxygen atoms in total. The molecule has 0 atom stereocenters. The van der Waals surface area contributed by atoms with Gasteiger partial charge in [0, 0.05) is 26.3 Å². The standard InChI is InChI=1S/C19H28F2N2O4Si/c1-18(2)15-13(6-7-14(22-15)27-17(20)21)19(10-26-11-19)23(16(18)24)12-25-8-9-28(3,4)5/h6-7,17H,8-12H2,1-5H3. The fraction of sp³-hybridized carbons (Fsp3) is 0.684. The zero-order valence-corrected chi connectivity index (χ0v) is 18.1. The first-order chi connectivity index (χ1) is 13.0. The van der Waals surface area contributed by atoms with E-state index in [2.05, 4.69) is 29.4 Å². The van der Waals surface area contributed by atoms with E-state index >= 15 is 0 Å². The number of amides is 1. The lowest BCUT2D eigenvalue weighted by atomic mass is 9.71. The van der Waals surface area contributed by atoms with Gasteiger partial charge >= 0.3 is 6.61 Å². The Bertz CT molecular complexity index is 748. The number of carbonyl (C=O) groups excluding carboxylic acids is 1. The lowest BCUT2D eigenvalue weighted by Crippen LogP contribution is -2.68. The van der Waals surface area contributed by atoms with Crippen molar-refractivity contribution < 1.29 is 27.8 Å². The third-order valence-corrected chi connectivity index (χ3v) is 7.07. The van der Waals surface area contributed by atoms with E-state index in [1.54, 1.807) is 24.8 Å². The predicted molar refractivity (Wildman–Crippen MR) is 102 cm³/mol. The second kappa shape index (κ2) is 7.35. The molecule has 1 fully saturated rings. The molecule has 156 valence electrons. The van der Waals surface area contributed by atoms with Crippen LogP contribution in [0.25, 0.3) is 0 Å². The molecule has 0 bridgehead atoms. The monoisotopic (exact) mass is 414 g/mol. The molecule has 0 N–H and O–H groups in total. The van der Waals surface area contributed by atoms with Gasteiger partial charge in [-0.25, -0.2) is 4.98 Å². The minimum atomic E-state index is -2.97. The van der Waals surface area contributed by atoms with Crippen LogP contribution in [0.2, 0.25) is 25.7 Å². The first kappa shape index (κ1) is 21.1. The normalized spacial score (nSPS) is 20.3. The van der Waals surface area contributed by atoms with E-state index in [0.29, 0.717) is 25.5 Å². The summed E-state index contributed by atoms with van der Waals surface area (Å²) in [6.07, 6.45) is 0. The maximum Gasteiger partial charge on any atom is 0.388 e. The number of alkyl halides is 2. The molecular weight excluding hydrogens is 386 g/mol. The average Bonchev–Trinajstić information content (AvgIpc) is 2.53. The molecule has 28 heavy (non-hydrogen) atoms. The lowest BCUT2D eigenvalue weighted by molar-refractivity contribution is -0.196. The molecular formula is C19H28F2N2O4Si. The first-order valence-corrected chi connectivity index (χ1v) is 13.1. The summed E-state index contributed by atoms with van der Waals surface area (Å²) >= 11 is 0. The van der Waals surface area contributed by atoms with Gasteiger partial charge in [0.2, 0.25) is 11.8 Å². The van der Waals surface area contributed by atoms with Crippen molar-refractivity contribution in [2.75, 3.05) is 26.6 Å². The molecule has 0 aromatic carbocycles. The number of hydrogen-bond donors (Lipinski definition) is 0. The van der Waals surface area contributed by atoms with Gasteiger partial charge < -0.3 is 19.1 Å². The lowest BCUT2D eigenvalue weighted by Gasteiger charge is -2.55. The molecule has 0 saturated carbocycles. The van der Waals surface area contributed by atoms with E-state index < -0.39 is 25.6 Å². The minimum absolute atomic E-state index is 0.155. The number of ether oxygens (including phenoxy) is 3. The third kappa shape index (κ3) is 3.79. The Morgan fingerprint density at radius 2 is 1.96 bits per heavy atom.